The Morgan fingerprint density at radius 3 is 1.96 bits per heavy atom. The number of esters is 1. The number of aliphatic hydroxyl groups is 9. The summed E-state index contributed by atoms with van der Waals surface area (Å²) in [6.07, 6.45) is -11.5. The normalized spacial score (nSPS) is 43.9. The molecule has 22 atom stereocenters. The Hall–Kier alpha value is -2.43. The van der Waals surface area contributed by atoms with E-state index < -0.39 is 110 Å². The van der Waals surface area contributed by atoms with Crippen molar-refractivity contribution in [2.45, 2.75) is 178 Å². The molecule has 1 aromatic rings. The Morgan fingerprint density at radius 2 is 1.36 bits per heavy atom. The van der Waals surface area contributed by atoms with E-state index in [2.05, 4.69) is 34.6 Å². The minimum atomic E-state index is -1.72. The van der Waals surface area contributed by atoms with Crippen molar-refractivity contribution < 1.29 is 88.6 Å². The Kier molecular flexibility index (Phi) is 16.5. The van der Waals surface area contributed by atoms with Crippen molar-refractivity contribution in [3.63, 3.8) is 0 Å². The van der Waals surface area contributed by atoms with Crippen LogP contribution in [0.2, 0.25) is 0 Å². The van der Waals surface area contributed by atoms with Gasteiger partial charge in [0.25, 0.3) is 0 Å². The van der Waals surface area contributed by atoms with Crippen LogP contribution in [0.5, 0.6) is 17.2 Å². The molecule has 6 fully saturated rings. The van der Waals surface area contributed by atoms with Gasteiger partial charge in [-0.25, -0.2) is 4.79 Å². The van der Waals surface area contributed by atoms with Gasteiger partial charge in [-0.2, -0.15) is 0 Å². The minimum absolute atomic E-state index is 0.0356. The molecule has 2 aliphatic heterocycles. The molecule has 1 aromatic carbocycles. The number of rotatable bonds is 16. The van der Waals surface area contributed by atoms with Crippen molar-refractivity contribution in [2.24, 2.45) is 52.3 Å². The highest BCUT2D eigenvalue weighted by Gasteiger charge is 2.66. The molecule has 6 aliphatic rings. The van der Waals surface area contributed by atoms with Gasteiger partial charge < -0.3 is 83.9 Å². The number of hydrogen-bond acceptors (Lipinski definition) is 18. The van der Waals surface area contributed by atoms with Crippen molar-refractivity contribution in [3.05, 3.63) is 17.7 Å². The lowest BCUT2D eigenvalue weighted by molar-refractivity contribution is -0.333. The van der Waals surface area contributed by atoms with Gasteiger partial charge in [-0.3, -0.25) is 0 Å². The third-order valence-corrected chi connectivity index (χ3v) is 17.4. The Labute approximate surface area is 393 Å². The van der Waals surface area contributed by atoms with E-state index in [4.69, 9.17) is 37.9 Å². The molecule has 18 nitrogen and oxygen atoms in total. The van der Waals surface area contributed by atoms with Crippen LogP contribution < -0.4 is 14.2 Å². The average molecular weight is 955 g/mol. The molecule has 382 valence electrons. The van der Waals surface area contributed by atoms with Crippen LogP contribution in [-0.4, -0.2) is 172 Å². The van der Waals surface area contributed by atoms with Crippen molar-refractivity contribution in [3.8, 4) is 17.2 Å². The lowest BCUT2D eigenvalue weighted by Crippen LogP contribution is -2.64. The summed E-state index contributed by atoms with van der Waals surface area (Å²) < 4.78 is 47.2. The smallest absolute Gasteiger partial charge is 0.338 e. The van der Waals surface area contributed by atoms with Crippen LogP contribution in [-0.2, 0) is 23.7 Å². The Balaban J connectivity index is 1.12. The molecule has 7 rings (SSSR count). The predicted octanol–water partition coefficient (Wildman–Crippen LogP) is 1.92. The van der Waals surface area contributed by atoms with Gasteiger partial charge in [0.15, 0.2) is 24.1 Å². The SMILES string of the molecule is COc1cc(C(=O)OC[C@H]2O[C@@H](O[C@@H]3C[C@H](O)C[C@@H]4CC[C@H]5[C@@H]6C[C@H](O[C@H]7O[C@@H](CO)[C@H](O)[C@@H](O)[C@@H]7O)[C@H]([C@H](C)[C@@H](O)CCC(C)C)[C@@]6(C)CC[C@@H]5[C@]43C)[C@H](O)[C@@H](O)[C@@H]2O)cc(OC)c1OC. The van der Waals surface area contributed by atoms with Gasteiger partial charge in [-0.15, -0.1) is 0 Å². The maximum Gasteiger partial charge on any atom is 0.338 e. The molecule has 0 radical (unpaired) electrons. The number of benzene rings is 1. The highest BCUT2D eigenvalue weighted by Crippen LogP contribution is 2.69. The fraction of sp³-hybridized carbons (Fsp3) is 0.857. The van der Waals surface area contributed by atoms with Crippen LogP contribution in [0.3, 0.4) is 0 Å². The van der Waals surface area contributed by atoms with Gasteiger partial charge in [-0.05, 0) is 116 Å². The highest BCUT2D eigenvalue weighted by atomic mass is 16.7. The van der Waals surface area contributed by atoms with E-state index in [1.54, 1.807) is 0 Å². The molecular weight excluding hydrogens is 877 g/mol. The van der Waals surface area contributed by atoms with E-state index in [0.717, 1.165) is 32.1 Å². The van der Waals surface area contributed by atoms with Gasteiger partial charge in [-0.1, -0.05) is 34.6 Å². The summed E-state index contributed by atoms with van der Waals surface area (Å²) in [6.45, 7) is 9.69. The van der Waals surface area contributed by atoms with Gasteiger partial charge in [0, 0.05) is 6.42 Å². The second-order valence-electron chi connectivity index (χ2n) is 21.4. The summed E-state index contributed by atoms with van der Waals surface area (Å²) in [5.74, 6) is 0.244. The molecule has 4 aliphatic carbocycles. The molecule has 2 saturated heterocycles. The van der Waals surface area contributed by atoms with Crippen molar-refractivity contribution in [2.75, 3.05) is 34.5 Å². The number of hydrogen-bond donors (Lipinski definition) is 9. The number of carbonyl (C=O) groups is 1. The zero-order valence-corrected chi connectivity index (χ0v) is 40.3. The standard InChI is InChI=1S/C49H78O18/c1-22(2)9-12-30(52)23(3)37-31(64-46-42(57)40(55)38(53)34(20-50)65-46)19-29-27-11-10-25-17-26(51)18-36(49(25,5)28(27)13-14-48(29,37)4)67-47-43(58)41(56)39(54)35(66-47)21-63-45(59)24-15-32(60-6)44(62-8)33(16-24)61-7/h15-16,22-23,25-31,34-43,46-47,50-58H,9-14,17-21H2,1-8H3/t23-,25+,26-,27-,28+,29+,30+,31+,34+,35-,36-,37+,38+,39-,40-,41+,42+,43-,46+,47+,48+,49+/m1/s1. The first-order valence-electron chi connectivity index (χ1n) is 24.4. The largest absolute Gasteiger partial charge is 0.493 e. The molecule has 0 amide bonds. The molecule has 0 unspecified atom stereocenters. The van der Waals surface area contributed by atoms with Gasteiger partial charge in [0.05, 0.1) is 57.9 Å². The summed E-state index contributed by atoms with van der Waals surface area (Å²) in [5.41, 5.74) is -0.812. The van der Waals surface area contributed by atoms with E-state index in [1.165, 1.54) is 33.5 Å². The molecule has 2 heterocycles. The Morgan fingerprint density at radius 1 is 0.746 bits per heavy atom. The van der Waals surface area contributed by atoms with Gasteiger partial charge in [0.1, 0.15) is 55.4 Å². The first kappa shape index (κ1) is 52.4. The number of aliphatic hydroxyl groups excluding tert-OH is 9. The highest BCUT2D eigenvalue weighted by molar-refractivity contribution is 5.91. The van der Waals surface area contributed by atoms with Crippen molar-refractivity contribution >= 4 is 5.97 Å². The summed E-state index contributed by atoms with van der Waals surface area (Å²) in [6, 6.07) is 2.83. The van der Waals surface area contributed by atoms with Crippen LogP contribution >= 0.6 is 0 Å². The topological polar surface area (TPSA) is 273 Å². The quantitative estimate of drug-likeness (QED) is 0.107. The summed E-state index contributed by atoms with van der Waals surface area (Å²) in [4.78, 5) is 13.3. The summed E-state index contributed by atoms with van der Waals surface area (Å²) >= 11 is 0. The lowest BCUT2D eigenvalue weighted by atomic mass is 9.43. The van der Waals surface area contributed by atoms with E-state index in [9.17, 15) is 50.8 Å². The average Bonchev–Trinajstić information content (AvgIpc) is 3.61. The fourth-order valence-corrected chi connectivity index (χ4v) is 13.7. The second-order valence-corrected chi connectivity index (χ2v) is 21.4. The fourth-order valence-electron chi connectivity index (χ4n) is 13.7. The maximum atomic E-state index is 13.3. The first-order chi connectivity index (χ1) is 31.7. The first-order valence-corrected chi connectivity index (χ1v) is 24.4. The van der Waals surface area contributed by atoms with Crippen molar-refractivity contribution in [1.29, 1.82) is 0 Å². The molecule has 0 aromatic heterocycles. The third kappa shape index (κ3) is 9.83. The monoisotopic (exact) mass is 955 g/mol. The lowest BCUT2D eigenvalue weighted by Gasteiger charge is -2.63. The molecule has 67 heavy (non-hydrogen) atoms. The van der Waals surface area contributed by atoms with Crippen LogP contribution in [0.25, 0.3) is 0 Å². The third-order valence-electron chi connectivity index (χ3n) is 17.4. The minimum Gasteiger partial charge on any atom is -0.493 e. The zero-order valence-electron chi connectivity index (χ0n) is 40.3. The van der Waals surface area contributed by atoms with E-state index in [1.807, 2.05) is 0 Å². The predicted molar refractivity (Wildman–Crippen MR) is 238 cm³/mol. The summed E-state index contributed by atoms with van der Waals surface area (Å²) in [5, 5.41) is 99.1. The maximum absolute atomic E-state index is 13.3. The number of carbonyl (C=O) groups excluding carboxylic acids is 1. The number of methoxy groups -OCH3 is 3. The van der Waals surface area contributed by atoms with Crippen LogP contribution in [0.4, 0.5) is 0 Å². The Bertz CT molecular complexity index is 1790. The van der Waals surface area contributed by atoms with E-state index in [-0.39, 0.29) is 70.2 Å². The molecule has 9 N–H and O–H groups in total. The van der Waals surface area contributed by atoms with Crippen molar-refractivity contribution in [1.82, 2.24) is 0 Å². The van der Waals surface area contributed by atoms with Crippen LogP contribution in [0.1, 0.15) is 103 Å². The summed E-state index contributed by atoms with van der Waals surface area (Å²) in [7, 11) is 4.25. The molecule has 0 spiro atoms. The van der Waals surface area contributed by atoms with E-state index in [0.29, 0.717) is 25.2 Å². The zero-order chi connectivity index (χ0) is 48.9. The molecule has 4 saturated carbocycles. The number of fused-ring (bicyclic) bond motifs is 5. The van der Waals surface area contributed by atoms with Gasteiger partial charge in [0.2, 0.25) is 5.75 Å². The molecule has 0 bridgehead atoms. The van der Waals surface area contributed by atoms with Crippen LogP contribution in [0.15, 0.2) is 12.1 Å². The molecule has 18 heteroatoms. The second kappa shape index (κ2) is 21.1. The van der Waals surface area contributed by atoms with E-state index >= 15 is 0 Å². The molecular formula is C49H78O18. The number of ether oxygens (including phenoxy) is 8. The van der Waals surface area contributed by atoms with Crippen LogP contribution in [0, 0.1) is 52.3 Å². The van der Waals surface area contributed by atoms with Gasteiger partial charge >= 0.3 is 5.97 Å².